The van der Waals surface area contributed by atoms with Gasteiger partial charge in [0.2, 0.25) is 0 Å². The van der Waals surface area contributed by atoms with Gasteiger partial charge in [-0.05, 0) is 70.5 Å². The van der Waals surface area contributed by atoms with E-state index in [1.54, 1.807) is 24.3 Å². The lowest BCUT2D eigenvalue weighted by Crippen LogP contribution is -2.31. The molecule has 0 amide bonds. The maximum atomic E-state index is 9.96. The quantitative estimate of drug-likeness (QED) is 0.367. The Balaban J connectivity index is 1.48. The van der Waals surface area contributed by atoms with Crippen LogP contribution in [0.4, 0.5) is 0 Å². The van der Waals surface area contributed by atoms with Gasteiger partial charge >= 0.3 is 0 Å². The summed E-state index contributed by atoms with van der Waals surface area (Å²) in [4.78, 5) is 0. The zero-order chi connectivity index (χ0) is 20.8. The molecule has 3 aromatic rings. The zero-order valence-corrected chi connectivity index (χ0v) is 16.4. The molecule has 0 radical (unpaired) electrons. The number of phenols is 4. The molecule has 0 bridgehead atoms. The van der Waals surface area contributed by atoms with Crippen LogP contribution in [0.1, 0.15) is 45.5 Å². The standard InChI is InChI=1S/C24H24N2O4/c27-19-9-15-5-7-25-23(17(15)11-21(19)29)13-1-2-14(4-3-13)24-18-12-22(30)20(28)10-16(18)6-8-26-24/h1-4,9-12,23-30H,5-8H2. The third kappa shape index (κ3) is 3.14. The van der Waals surface area contributed by atoms with Gasteiger partial charge in [-0.25, -0.2) is 0 Å². The van der Waals surface area contributed by atoms with Gasteiger partial charge in [-0.15, -0.1) is 0 Å². The molecule has 0 spiro atoms. The predicted octanol–water partition coefficient (Wildman–Crippen LogP) is 2.98. The molecule has 5 rings (SSSR count). The Bertz CT molecular complexity index is 1020. The summed E-state index contributed by atoms with van der Waals surface area (Å²) in [6, 6.07) is 14.8. The van der Waals surface area contributed by atoms with E-state index in [-0.39, 0.29) is 35.1 Å². The fourth-order valence-electron chi connectivity index (χ4n) is 4.64. The van der Waals surface area contributed by atoms with Crippen molar-refractivity contribution in [1.29, 1.82) is 0 Å². The maximum absolute atomic E-state index is 9.96. The van der Waals surface area contributed by atoms with Crippen LogP contribution in [0.2, 0.25) is 0 Å². The third-order valence-corrected chi connectivity index (χ3v) is 6.18. The SMILES string of the molecule is Oc1cc2c(cc1O)C(c1ccc(C3NCCc4cc(O)c(O)cc43)cc1)NCC2. The second-order valence-electron chi connectivity index (χ2n) is 8.02. The predicted molar refractivity (Wildman–Crippen MR) is 113 cm³/mol. The Morgan fingerprint density at radius 3 is 1.33 bits per heavy atom. The van der Waals surface area contributed by atoms with E-state index < -0.39 is 0 Å². The molecule has 2 aliphatic heterocycles. The number of benzene rings is 3. The fraction of sp³-hybridized carbons (Fsp3) is 0.250. The van der Waals surface area contributed by atoms with Crippen LogP contribution in [0.15, 0.2) is 48.5 Å². The molecule has 2 unspecified atom stereocenters. The number of rotatable bonds is 2. The second kappa shape index (κ2) is 7.23. The second-order valence-corrected chi connectivity index (χ2v) is 8.02. The molecule has 2 aliphatic rings. The summed E-state index contributed by atoms with van der Waals surface area (Å²) in [6.07, 6.45) is 1.60. The molecule has 6 nitrogen and oxygen atoms in total. The minimum atomic E-state index is -0.106. The molecular formula is C24H24N2O4. The van der Waals surface area contributed by atoms with Crippen molar-refractivity contribution < 1.29 is 20.4 Å². The molecule has 0 aliphatic carbocycles. The van der Waals surface area contributed by atoms with Crippen molar-refractivity contribution in [2.75, 3.05) is 13.1 Å². The average molecular weight is 404 g/mol. The summed E-state index contributed by atoms with van der Waals surface area (Å²) < 4.78 is 0. The normalized spacial score (nSPS) is 20.4. The summed E-state index contributed by atoms with van der Waals surface area (Å²) in [6.45, 7) is 1.59. The van der Waals surface area contributed by atoms with Crippen LogP contribution in [0.25, 0.3) is 0 Å². The van der Waals surface area contributed by atoms with Gasteiger partial charge in [-0.3, -0.25) is 0 Å². The lowest BCUT2D eigenvalue weighted by molar-refractivity contribution is 0.400. The first-order valence-electron chi connectivity index (χ1n) is 10.2. The Kier molecular flexibility index (Phi) is 4.53. The maximum Gasteiger partial charge on any atom is 0.157 e. The molecule has 0 fully saturated rings. The van der Waals surface area contributed by atoms with Gasteiger partial charge in [0.1, 0.15) is 0 Å². The summed E-state index contributed by atoms with van der Waals surface area (Å²) in [5.74, 6) is -0.377. The molecule has 30 heavy (non-hydrogen) atoms. The van der Waals surface area contributed by atoms with Crippen molar-refractivity contribution in [1.82, 2.24) is 10.6 Å². The Labute approximate surface area is 174 Å². The Hall–Kier alpha value is -3.22. The van der Waals surface area contributed by atoms with E-state index in [2.05, 4.69) is 34.9 Å². The summed E-state index contributed by atoms with van der Waals surface area (Å²) in [5.41, 5.74) is 6.19. The largest absolute Gasteiger partial charge is 0.504 e. The number of aromatic hydroxyl groups is 4. The lowest BCUT2D eigenvalue weighted by Gasteiger charge is -2.30. The van der Waals surface area contributed by atoms with Crippen LogP contribution >= 0.6 is 0 Å². The number of hydrogen-bond donors (Lipinski definition) is 6. The Morgan fingerprint density at radius 1 is 0.567 bits per heavy atom. The van der Waals surface area contributed by atoms with E-state index in [4.69, 9.17) is 0 Å². The number of nitrogens with one attached hydrogen (secondary N) is 2. The van der Waals surface area contributed by atoms with Crippen LogP contribution in [-0.2, 0) is 12.8 Å². The minimum absolute atomic E-state index is 0.0538. The molecule has 0 saturated heterocycles. The highest BCUT2D eigenvalue weighted by molar-refractivity contribution is 5.52. The molecule has 6 heteroatoms. The molecule has 154 valence electrons. The van der Waals surface area contributed by atoms with Gasteiger partial charge in [-0.2, -0.15) is 0 Å². The first-order valence-corrected chi connectivity index (χ1v) is 10.2. The highest BCUT2D eigenvalue weighted by Crippen LogP contribution is 2.38. The van der Waals surface area contributed by atoms with Crippen LogP contribution in [-0.4, -0.2) is 33.5 Å². The van der Waals surface area contributed by atoms with Crippen LogP contribution < -0.4 is 10.6 Å². The van der Waals surface area contributed by atoms with Crippen LogP contribution in [0, 0.1) is 0 Å². The Morgan fingerprint density at radius 2 is 0.933 bits per heavy atom. The van der Waals surface area contributed by atoms with Gasteiger partial charge in [0.25, 0.3) is 0 Å². The monoisotopic (exact) mass is 404 g/mol. The summed E-state index contributed by atoms with van der Waals surface area (Å²) >= 11 is 0. The van der Waals surface area contributed by atoms with Crippen molar-refractivity contribution in [2.45, 2.75) is 24.9 Å². The van der Waals surface area contributed by atoms with E-state index in [9.17, 15) is 20.4 Å². The van der Waals surface area contributed by atoms with Gasteiger partial charge in [0.05, 0.1) is 12.1 Å². The first kappa shape index (κ1) is 18.8. The van der Waals surface area contributed by atoms with Crippen molar-refractivity contribution in [2.24, 2.45) is 0 Å². The number of phenolic OH excluding ortho intramolecular Hbond substituents is 4. The highest BCUT2D eigenvalue weighted by Gasteiger charge is 2.26. The number of fused-ring (bicyclic) bond motifs is 2. The molecule has 0 aromatic heterocycles. The van der Waals surface area contributed by atoms with E-state index in [0.717, 1.165) is 59.3 Å². The van der Waals surface area contributed by atoms with Gasteiger partial charge in [-0.1, -0.05) is 24.3 Å². The smallest absolute Gasteiger partial charge is 0.157 e. The molecular weight excluding hydrogens is 380 g/mol. The summed E-state index contributed by atoms with van der Waals surface area (Å²) in [7, 11) is 0. The van der Waals surface area contributed by atoms with E-state index in [0.29, 0.717) is 0 Å². The minimum Gasteiger partial charge on any atom is -0.504 e. The third-order valence-electron chi connectivity index (χ3n) is 6.18. The van der Waals surface area contributed by atoms with Crippen LogP contribution in [0.3, 0.4) is 0 Å². The highest BCUT2D eigenvalue weighted by atomic mass is 16.3. The fourth-order valence-corrected chi connectivity index (χ4v) is 4.64. The van der Waals surface area contributed by atoms with Crippen molar-refractivity contribution in [3.8, 4) is 23.0 Å². The van der Waals surface area contributed by atoms with Crippen molar-refractivity contribution in [3.63, 3.8) is 0 Å². The topological polar surface area (TPSA) is 105 Å². The number of hydrogen-bond acceptors (Lipinski definition) is 6. The summed E-state index contributed by atoms with van der Waals surface area (Å²) in [5, 5.41) is 46.6. The molecule has 2 atom stereocenters. The molecule has 0 saturated carbocycles. The molecule has 3 aromatic carbocycles. The van der Waals surface area contributed by atoms with E-state index in [1.807, 2.05) is 0 Å². The van der Waals surface area contributed by atoms with Crippen molar-refractivity contribution in [3.05, 3.63) is 81.9 Å². The molecule has 6 N–H and O–H groups in total. The average Bonchev–Trinajstić information content (AvgIpc) is 2.75. The zero-order valence-electron chi connectivity index (χ0n) is 16.4. The lowest BCUT2D eigenvalue weighted by atomic mass is 9.86. The van der Waals surface area contributed by atoms with Gasteiger partial charge in [0.15, 0.2) is 23.0 Å². The van der Waals surface area contributed by atoms with Gasteiger partial charge < -0.3 is 31.1 Å². The molecule has 2 heterocycles. The van der Waals surface area contributed by atoms with Crippen LogP contribution in [0.5, 0.6) is 23.0 Å². The van der Waals surface area contributed by atoms with E-state index in [1.165, 1.54) is 0 Å². The van der Waals surface area contributed by atoms with Gasteiger partial charge in [0, 0.05) is 13.1 Å². The van der Waals surface area contributed by atoms with E-state index >= 15 is 0 Å². The van der Waals surface area contributed by atoms with Crippen molar-refractivity contribution >= 4 is 0 Å². The first-order chi connectivity index (χ1) is 14.5.